The fourth-order valence-electron chi connectivity index (χ4n) is 2.59. The van der Waals surface area contributed by atoms with E-state index in [0.717, 1.165) is 11.6 Å². The van der Waals surface area contributed by atoms with Gasteiger partial charge in [0.2, 0.25) is 5.91 Å². The zero-order chi connectivity index (χ0) is 17.3. The van der Waals surface area contributed by atoms with Crippen LogP contribution in [0.1, 0.15) is 24.0 Å². The number of aryl methyl sites for hydroxylation is 2. The Labute approximate surface area is 139 Å². The number of hydrogen-bond donors (Lipinski definition) is 2. The number of benzene rings is 2. The van der Waals surface area contributed by atoms with Crippen molar-refractivity contribution in [2.45, 2.75) is 31.1 Å². The van der Waals surface area contributed by atoms with Crippen LogP contribution < -0.4 is 10.0 Å². The number of anilines is 2. The molecule has 126 valence electrons. The average Bonchev–Trinajstić information content (AvgIpc) is 2.70. The molecule has 1 aliphatic rings. The molecule has 0 saturated carbocycles. The maximum atomic E-state index is 13.6. The van der Waals surface area contributed by atoms with E-state index in [9.17, 15) is 17.6 Å². The molecule has 0 atom stereocenters. The summed E-state index contributed by atoms with van der Waals surface area (Å²) in [6, 6.07) is 8.74. The van der Waals surface area contributed by atoms with Gasteiger partial charge in [0.15, 0.2) is 0 Å². The molecule has 2 aromatic carbocycles. The van der Waals surface area contributed by atoms with Gasteiger partial charge in [-0.15, -0.1) is 0 Å². The van der Waals surface area contributed by atoms with Gasteiger partial charge < -0.3 is 5.32 Å². The van der Waals surface area contributed by atoms with Gasteiger partial charge in [0.1, 0.15) is 5.82 Å². The third-order valence-corrected chi connectivity index (χ3v) is 5.31. The second kappa shape index (κ2) is 6.24. The van der Waals surface area contributed by atoms with Gasteiger partial charge in [0, 0.05) is 12.1 Å². The molecule has 3 rings (SSSR count). The Morgan fingerprint density at radius 3 is 2.67 bits per heavy atom. The number of carbonyl (C=O) groups excluding carboxylic acids is 1. The first kappa shape index (κ1) is 16.4. The monoisotopic (exact) mass is 348 g/mol. The van der Waals surface area contributed by atoms with Crippen LogP contribution in [0.5, 0.6) is 0 Å². The fourth-order valence-corrected chi connectivity index (χ4v) is 3.69. The maximum absolute atomic E-state index is 13.6. The van der Waals surface area contributed by atoms with E-state index < -0.39 is 15.8 Å². The van der Waals surface area contributed by atoms with E-state index in [0.29, 0.717) is 30.5 Å². The second-order valence-electron chi connectivity index (χ2n) is 5.79. The molecular weight excluding hydrogens is 331 g/mol. The van der Waals surface area contributed by atoms with Gasteiger partial charge in [-0.25, -0.2) is 12.8 Å². The minimum absolute atomic E-state index is 0.0717. The van der Waals surface area contributed by atoms with Gasteiger partial charge in [-0.1, -0.05) is 6.07 Å². The summed E-state index contributed by atoms with van der Waals surface area (Å²) in [4.78, 5) is 11.6. The van der Waals surface area contributed by atoms with Gasteiger partial charge in [0.05, 0.1) is 10.6 Å². The van der Waals surface area contributed by atoms with Crippen molar-refractivity contribution in [1.29, 1.82) is 0 Å². The van der Waals surface area contributed by atoms with E-state index in [1.807, 2.05) is 0 Å². The van der Waals surface area contributed by atoms with Crippen LogP contribution in [-0.4, -0.2) is 14.3 Å². The lowest BCUT2D eigenvalue weighted by molar-refractivity contribution is -0.116. The Hall–Kier alpha value is -2.41. The minimum atomic E-state index is -3.83. The highest BCUT2D eigenvalue weighted by Crippen LogP contribution is 2.26. The zero-order valence-corrected chi connectivity index (χ0v) is 13.9. The van der Waals surface area contributed by atoms with E-state index in [4.69, 9.17) is 0 Å². The summed E-state index contributed by atoms with van der Waals surface area (Å²) in [5, 5.41) is 2.76. The summed E-state index contributed by atoms with van der Waals surface area (Å²) in [7, 11) is -3.83. The number of hydrogen-bond acceptors (Lipinski definition) is 3. The minimum Gasteiger partial charge on any atom is -0.326 e. The highest BCUT2D eigenvalue weighted by molar-refractivity contribution is 7.92. The van der Waals surface area contributed by atoms with Gasteiger partial charge in [0.25, 0.3) is 10.0 Å². The van der Waals surface area contributed by atoms with Crippen molar-refractivity contribution >= 4 is 27.3 Å². The van der Waals surface area contributed by atoms with Crippen LogP contribution >= 0.6 is 0 Å². The van der Waals surface area contributed by atoms with Crippen LogP contribution in [0.25, 0.3) is 0 Å². The molecule has 2 N–H and O–H groups in total. The summed E-state index contributed by atoms with van der Waals surface area (Å²) in [6.07, 6.45) is 1.70. The predicted molar refractivity (Wildman–Crippen MR) is 90.0 cm³/mol. The SMILES string of the molecule is Cc1ccc(NS(=O)(=O)c2ccc3c(c2)CCCC(=O)N3)cc1F. The zero-order valence-electron chi connectivity index (χ0n) is 13.1. The Kier molecular flexibility index (Phi) is 4.28. The van der Waals surface area contributed by atoms with Crippen molar-refractivity contribution in [3.8, 4) is 0 Å². The Balaban J connectivity index is 1.91. The van der Waals surface area contributed by atoms with Crippen molar-refractivity contribution in [2.24, 2.45) is 0 Å². The molecule has 1 heterocycles. The highest BCUT2D eigenvalue weighted by Gasteiger charge is 2.19. The number of rotatable bonds is 3. The van der Waals surface area contributed by atoms with Crippen LogP contribution in [0.4, 0.5) is 15.8 Å². The average molecular weight is 348 g/mol. The molecule has 1 aliphatic heterocycles. The molecule has 0 bridgehead atoms. The molecule has 0 unspecified atom stereocenters. The Morgan fingerprint density at radius 2 is 1.92 bits per heavy atom. The number of nitrogens with one attached hydrogen (secondary N) is 2. The van der Waals surface area contributed by atoms with E-state index in [1.54, 1.807) is 19.1 Å². The smallest absolute Gasteiger partial charge is 0.261 e. The molecule has 0 saturated heterocycles. The summed E-state index contributed by atoms with van der Waals surface area (Å²) in [5.41, 5.74) is 2.02. The summed E-state index contributed by atoms with van der Waals surface area (Å²) < 4.78 is 41.0. The first-order valence-corrected chi connectivity index (χ1v) is 9.05. The van der Waals surface area contributed by atoms with Crippen molar-refractivity contribution in [2.75, 3.05) is 10.0 Å². The molecule has 1 amide bonds. The third kappa shape index (κ3) is 3.41. The Morgan fingerprint density at radius 1 is 1.12 bits per heavy atom. The molecular formula is C17H17FN2O3S. The van der Waals surface area contributed by atoms with Crippen LogP contribution in [-0.2, 0) is 21.2 Å². The predicted octanol–water partition coefficient (Wildman–Crippen LogP) is 3.21. The second-order valence-corrected chi connectivity index (χ2v) is 7.47. The largest absolute Gasteiger partial charge is 0.326 e. The van der Waals surface area contributed by atoms with Crippen LogP contribution in [0.15, 0.2) is 41.3 Å². The van der Waals surface area contributed by atoms with Gasteiger partial charge in [-0.3, -0.25) is 9.52 Å². The molecule has 0 radical (unpaired) electrons. The van der Waals surface area contributed by atoms with E-state index in [1.165, 1.54) is 18.2 Å². The van der Waals surface area contributed by atoms with Crippen molar-refractivity contribution < 1.29 is 17.6 Å². The Bertz CT molecular complexity index is 910. The quantitative estimate of drug-likeness (QED) is 0.894. The number of carbonyl (C=O) groups is 1. The number of amides is 1. The van der Waals surface area contributed by atoms with Crippen LogP contribution in [0, 0.1) is 12.7 Å². The van der Waals surface area contributed by atoms with Crippen molar-refractivity contribution in [3.05, 3.63) is 53.3 Å². The summed E-state index contributed by atoms with van der Waals surface area (Å²) in [5.74, 6) is -0.544. The lowest BCUT2D eigenvalue weighted by Gasteiger charge is -2.12. The molecule has 0 aliphatic carbocycles. The van der Waals surface area contributed by atoms with Gasteiger partial charge in [-0.2, -0.15) is 0 Å². The van der Waals surface area contributed by atoms with Crippen molar-refractivity contribution in [3.63, 3.8) is 0 Å². The fraction of sp³-hybridized carbons (Fsp3) is 0.235. The maximum Gasteiger partial charge on any atom is 0.261 e. The normalized spacial score (nSPS) is 14.5. The summed E-state index contributed by atoms with van der Waals surface area (Å²) in [6.45, 7) is 1.61. The van der Waals surface area contributed by atoms with E-state index in [-0.39, 0.29) is 16.5 Å². The lowest BCUT2D eigenvalue weighted by Crippen LogP contribution is -2.14. The van der Waals surface area contributed by atoms with Crippen LogP contribution in [0.2, 0.25) is 0 Å². The summed E-state index contributed by atoms with van der Waals surface area (Å²) >= 11 is 0. The number of halogens is 1. The lowest BCUT2D eigenvalue weighted by atomic mass is 10.1. The topological polar surface area (TPSA) is 75.3 Å². The number of sulfonamides is 1. The van der Waals surface area contributed by atoms with Crippen LogP contribution in [0.3, 0.4) is 0 Å². The van der Waals surface area contributed by atoms with Gasteiger partial charge in [-0.05, 0) is 61.2 Å². The molecule has 24 heavy (non-hydrogen) atoms. The van der Waals surface area contributed by atoms with Gasteiger partial charge >= 0.3 is 0 Å². The molecule has 2 aromatic rings. The molecule has 0 spiro atoms. The first-order valence-electron chi connectivity index (χ1n) is 7.57. The molecule has 0 aromatic heterocycles. The third-order valence-electron chi connectivity index (χ3n) is 3.94. The number of fused-ring (bicyclic) bond motifs is 1. The van der Waals surface area contributed by atoms with E-state index >= 15 is 0 Å². The molecule has 7 heteroatoms. The first-order chi connectivity index (χ1) is 11.3. The molecule has 5 nitrogen and oxygen atoms in total. The molecule has 0 fully saturated rings. The van der Waals surface area contributed by atoms with Crippen molar-refractivity contribution in [1.82, 2.24) is 0 Å². The highest BCUT2D eigenvalue weighted by atomic mass is 32.2. The standard InChI is InChI=1S/C17H17FN2O3S/c1-11-5-6-13(10-15(11)18)20-24(22,23)14-7-8-16-12(9-14)3-2-4-17(21)19-16/h5-10,20H,2-4H2,1H3,(H,19,21). The van der Waals surface area contributed by atoms with E-state index in [2.05, 4.69) is 10.0 Å².